The fourth-order valence-corrected chi connectivity index (χ4v) is 4.27. The van der Waals surface area contributed by atoms with Crippen molar-refractivity contribution in [1.82, 2.24) is 9.97 Å². The molecule has 0 unspecified atom stereocenters. The van der Waals surface area contributed by atoms with Crippen LogP contribution in [0.4, 0.5) is 0 Å². The lowest BCUT2D eigenvalue weighted by atomic mass is 9.98. The molecule has 0 N–H and O–H groups in total. The van der Waals surface area contributed by atoms with Crippen LogP contribution in [-0.4, -0.2) is 9.97 Å². The summed E-state index contributed by atoms with van der Waals surface area (Å²) in [6, 6.07) is 33.4. The van der Waals surface area contributed by atoms with Crippen molar-refractivity contribution in [2.75, 3.05) is 0 Å². The van der Waals surface area contributed by atoms with Gasteiger partial charge in [0.25, 0.3) is 0 Å². The summed E-state index contributed by atoms with van der Waals surface area (Å²) in [6.07, 6.45) is 4.47. The number of hydrogen-bond donors (Lipinski definition) is 0. The summed E-state index contributed by atoms with van der Waals surface area (Å²) in [6.45, 7) is 0. The highest BCUT2D eigenvalue weighted by atomic mass is 14.7. The van der Waals surface area contributed by atoms with Gasteiger partial charge in [0, 0.05) is 21.5 Å². The molecule has 0 spiro atoms. The standard InChI is InChI=1S/C28H18N2/c1-5-13-25-21(9-1)19(22-10-2-6-14-26(22)29-25)17-18-20-23-11-3-7-15-27(23)30-28-16-8-4-12-24(20)28/h1-18H/b18-17-. The molecule has 6 rings (SSSR count). The zero-order chi connectivity index (χ0) is 19.9. The predicted molar refractivity (Wildman–Crippen MR) is 127 cm³/mol. The van der Waals surface area contributed by atoms with Gasteiger partial charge in [0.15, 0.2) is 0 Å². The summed E-state index contributed by atoms with van der Waals surface area (Å²) in [5, 5.41) is 4.65. The Bertz CT molecular complexity index is 1370. The Balaban J connectivity index is 1.67. The van der Waals surface area contributed by atoms with Crippen LogP contribution in [0.25, 0.3) is 55.8 Å². The monoisotopic (exact) mass is 382 g/mol. The lowest BCUT2D eigenvalue weighted by molar-refractivity contribution is 1.49. The minimum Gasteiger partial charge on any atom is -0.248 e. The minimum absolute atomic E-state index is 1.01. The van der Waals surface area contributed by atoms with Gasteiger partial charge in [-0.15, -0.1) is 0 Å². The second-order valence-electron chi connectivity index (χ2n) is 7.45. The van der Waals surface area contributed by atoms with Crippen molar-refractivity contribution in [2.45, 2.75) is 0 Å². The molecule has 2 heteroatoms. The molecule has 4 aromatic carbocycles. The lowest BCUT2D eigenvalue weighted by Crippen LogP contribution is -1.89. The predicted octanol–water partition coefficient (Wildman–Crippen LogP) is 7.26. The zero-order valence-corrected chi connectivity index (χ0v) is 16.3. The first-order chi connectivity index (χ1) is 14.9. The molecule has 6 aromatic rings. The summed E-state index contributed by atoms with van der Waals surface area (Å²) >= 11 is 0. The van der Waals surface area contributed by atoms with Gasteiger partial charge in [-0.05, 0) is 35.4 Å². The van der Waals surface area contributed by atoms with Crippen LogP contribution in [0.1, 0.15) is 11.1 Å². The molecule has 0 bridgehead atoms. The van der Waals surface area contributed by atoms with Gasteiger partial charge in [0.2, 0.25) is 0 Å². The minimum atomic E-state index is 1.01. The molecule has 0 saturated carbocycles. The highest BCUT2D eigenvalue weighted by molar-refractivity contribution is 6.08. The molecule has 0 saturated heterocycles. The van der Waals surface area contributed by atoms with Crippen molar-refractivity contribution in [3.8, 4) is 0 Å². The lowest BCUT2D eigenvalue weighted by Gasteiger charge is -2.09. The average Bonchev–Trinajstić information content (AvgIpc) is 2.81. The largest absolute Gasteiger partial charge is 0.248 e. The number of benzene rings is 4. The highest BCUT2D eigenvalue weighted by Crippen LogP contribution is 2.31. The molecule has 2 aromatic heterocycles. The van der Waals surface area contributed by atoms with Crippen molar-refractivity contribution in [2.24, 2.45) is 0 Å². The number of nitrogens with zero attached hydrogens (tertiary/aromatic N) is 2. The van der Waals surface area contributed by atoms with E-state index in [1.54, 1.807) is 0 Å². The number of aromatic nitrogens is 2. The van der Waals surface area contributed by atoms with Crippen molar-refractivity contribution in [1.29, 1.82) is 0 Å². The van der Waals surface area contributed by atoms with Gasteiger partial charge in [-0.3, -0.25) is 0 Å². The first-order valence-electron chi connectivity index (χ1n) is 10.1. The third kappa shape index (κ3) is 2.66. The van der Waals surface area contributed by atoms with E-state index in [2.05, 4.69) is 84.9 Å². The molecule has 0 atom stereocenters. The quantitative estimate of drug-likeness (QED) is 0.295. The van der Waals surface area contributed by atoms with Gasteiger partial charge in [-0.2, -0.15) is 0 Å². The Labute approximate surface area is 174 Å². The van der Waals surface area contributed by atoms with Gasteiger partial charge in [-0.1, -0.05) is 84.9 Å². The van der Waals surface area contributed by atoms with Crippen molar-refractivity contribution >= 4 is 55.8 Å². The second-order valence-corrected chi connectivity index (χ2v) is 7.45. The number of hydrogen-bond acceptors (Lipinski definition) is 2. The van der Waals surface area contributed by atoms with Crippen LogP contribution in [0, 0.1) is 0 Å². The molecule has 0 radical (unpaired) electrons. The van der Waals surface area contributed by atoms with E-state index in [0.29, 0.717) is 0 Å². The van der Waals surface area contributed by atoms with Crippen molar-refractivity contribution in [3.05, 3.63) is 108 Å². The smallest absolute Gasteiger partial charge is 0.0715 e. The highest BCUT2D eigenvalue weighted by Gasteiger charge is 2.09. The Morgan fingerprint density at radius 3 is 0.933 bits per heavy atom. The number of rotatable bonds is 2. The summed E-state index contributed by atoms with van der Waals surface area (Å²) in [5.41, 5.74) is 6.45. The molecular formula is C28H18N2. The molecule has 30 heavy (non-hydrogen) atoms. The van der Waals surface area contributed by atoms with E-state index in [0.717, 1.165) is 43.6 Å². The molecule has 140 valence electrons. The Hall–Kier alpha value is -4.04. The van der Waals surface area contributed by atoms with Crippen LogP contribution >= 0.6 is 0 Å². The fourth-order valence-electron chi connectivity index (χ4n) is 4.27. The summed E-state index contributed by atoms with van der Waals surface area (Å²) in [5.74, 6) is 0. The van der Waals surface area contributed by atoms with E-state index < -0.39 is 0 Å². The maximum atomic E-state index is 4.85. The first-order valence-corrected chi connectivity index (χ1v) is 10.1. The van der Waals surface area contributed by atoms with E-state index in [-0.39, 0.29) is 0 Å². The zero-order valence-electron chi connectivity index (χ0n) is 16.3. The molecule has 0 aliphatic heterocycles. The normalized spacial score (nSPS) is 11.9. The van der Waals surface area contributed by atoms with E-state index in [4.69, 9.17) is 9.97 Å². The molecule has 2 nitrogen and oxygen atoms in total. The van der Waals surface area contributed by atoms with Crippen LogP contribution in [0.5, 0.6) is 0 Å². The van der Waals surface area contributed by atoms with E-state index in [1.807, 2.05) is 24.3 Å². The van der Waals surface area contributed by atoms with Crippen molar-refractivity contribution < 1.29 is 0 Å². The van der Waals surface area contributed by atoms with Gasteiger partial charge in [0.1, 0.15) is 0 Å². The molecule has 0 aliphatic carbocycles. The van der Waals surface area contributed by atoms with Crippen LogP contribution in [0.15, 0.2) is 97.1 Å². The summed E-state index contributed by atoms with van der Waals surface area (Å²) in [4.78, 5) is 9.70. The topological polar surface area (TPSA) is 25.8 Å². The Morgan fingerprint density at radius 1 is 0.367 bits per heavy atom. The maximum Gasteiger partial charge on any atom is 0.0715 e. The third-order valence-electron chi connectivity index (χ3n) is 5.68. The van der Waals surface area contributed by atoms with Gasteiger partial charge >= 0.3 is 0 Å². The van der Waals surface area contributed by atoms with Gasteiger partial charge < -0.3 is 0 Å². The van der Waals surface area contributed by atoms with E-state index in [1.165, 1.54) is 11.1 Å². The van der Waals surface area contributed by atoms with Crippen LogP contribution in [-0.2, 0) is 0 Å². The first kappa shape index (κ1) is 16.9. The third-order valence-corrected chi connectivity index (χ3v) is 5.68. The average molecular weight is 382 g/mol. The van der Waals surface area contributed by atoms with E-state index in [9.17, 15) is 0 Å². The SMILES string of the molecule is C(=C/c1c2ccccc2nc2ccccc12)/c1c2ccccc2nc2ccccc12. The molecule has 0 fully saturated rings. The van der Waals surface area contributed by atoms with E-state index >= 15 is 0 Å². The Morgan fingerprint density at radius 2 is 0.633 bits per heavy atom. The van der Waals surface area contributed by atoms with Crippen LogP contribution < -0.4 is 0 Å². The number of pyridine rings is 2. The van der Waals surface area contributed by atoms with Gasteiger partial charge in [0.05, 0.1) is 22.1 Å². The van der Waals surface area contributed by atoms with Crippen molar-refractivity contribution in [3.63, 3.8) is 0 Å². The second kappa shape index (κ2) is 6.78. The van der Waals surface area contributed by atoms with Crippen LogP contribution in [0.2, 0.25) is 0 Å². The molecule has 0 aliphatic rings. The number of para-hydroxylation sites is 4. The molecule has 0 amide bonds. The van der Waals surface area contributed by atoms with Gasteiger partial charge in [-0.25, -0.2) is 9.97 Å². The van der Waals surface area contributed by atoms with Crippen LogP contribution in [0.3, 0.4) is 0 Å². The maximum absolute atomic E-state index is 4.85. The summed E-state index contributed by atoms with van der Waals surface area (Å²) < 4.78 is 0. The summed E-state index contributed by atoms with van der Waals surface area (Å²) in [7, 11) is 0. The fraction of sp³-hybridized carbons (Fsp3) is 0. The number of fused-ring (bicyclic) bond motifs is 4. The molecular weight excluding hydrogens is 364 g/mol. The molecule has 2 heterocycles. The Kier molecular flexibility index (Phi) is 3.82.